The van der Waals surface area contributed by atoms with Crippen molar-refractivity contribution in [1.82, 2.24) is 0 Å². The highest BCUT2D eigenvalue weighted by atomic mass is 32.2. The third-order valence-electron chi connectivity index (χ3n) is 3.29. The molecule has 6 heteroatoms. The Morgan fingerprint density at radius 1 is 0.957 bits per heavy atom. The lowest BCUT2D eigenvalue weighted by atomic mass is 10.1. The van der Waals surface area contributed by atoms with Gasteiger partial charge in [0, 0.05) is 17.9 Å². The molecular formula is C17H21FN2O2S. The van der Waals surface area contributed by atoms with Crippen molar-refractivity contribution >= 4 is 21.4 Å². The van der Waals surface area contributed by atoms with Crippen molar-refractivity contribution in [3.63, 3.8) is 0 Å². The second-order valence-electron chi connectivity index (χ2n) is 5.30. The highest BCUT2D eigenvalue weighted by Crippen LogP contribution is 2.15. The van der Waals surface area contributed by atoms with Gasteiger partial charge < -0.3 is 5.32 Å². The van der Waals surface area contributed by atoms with Crippen LogP contribution in [0.5, 0.6) is 0 Å². The average molecular weight is 336 g/mol. The molecule has 124 valence electrons. The minimum Gasteiger partial charge on any atom is -0.385 e. The van der Waals surface area contributed by atoms with E-state index in [4.69, 9.17) is 0 Å². The molecule has 0 aliphatic carbocycles. The average Bonchev–Trinajstić information content (AvgIpc) is 2.50. The maximum absolute atomic E-state index is 12.8. The van der Waals surface area contributed by atoms with Crippen LogP contribution in [0.4, 0.5) is 15.8 Å². The van der Waals surface area contributed by atoms with E-state index in [-0.39, 0.29) is 11.6 Å². The van der Waals surface area contributed by atoms with Gasteiger partial charge in [-0.3, -0.25) is 4.72 Å². The van der Waals surface area contributed by atoms with Crippen LogP contribution in [-0.4, -0.2) is 20.7 Å². The summed E-state index contributed by atoms with van der Waals surface area (Å²) in [5.74, 6) is -0.118. The van der Waals surface area contributed by atoms with Gasteiger partial charge in [0.05, 0.1) is 5.75 Å². The van der Waals surface area contributed by atoms with Crippen molar-refractivity contribution in [2.75, 3.05) is 22.3 Å². The van der Waals surface area contributed by atoms with Crippen LogP contribution in [0.3, 0.4) is 0 Å². The summed E-state index contributed by atoms with van der Waals surface area (Å²) in [4.78, 5) is 0. The van der Waals surface area contributed by atoms with Gasteiger partial charge >= 0.3 is 0 Å². The molecule has 0 aliphatic heterocycles. The second kappa shape index (κ2) is 7.97. The third kappa shape index (κ3) is 5.90. The first-order chi connectivity index (χ1) is 11.0. The van der Waals surface area contributed by atoms with Crippen LogP contribution in [0.2, 0.25) is 0 Å². The molecule has 0 spiro atoms. The van der Waals surface area contributed by atoms with E-state index >= 15 is 0 Å². The number of sulfonamides is 1. The summed E-state index contributed by atoms with van der Waals surface area (Å²) in [6, 6.07) is 13.5. The van der Waals surface area contributed by atoms with E-state index in [1.807, 2.05) is 19.1 Å². The van der Waals surface area contributed by atoms with Crippen LogP contribution in [-0.2, 0) is 16.4 Å². The largest absolute Gasteiger partial charge is 0.385 e. The summed E-state index contributed by atoms with van der Waals surface area (Å²) in [5.41, 5.74) is 2.52. The molecule has 2 rings (SSSR count). The lowest BCUT2D eigenvalue weighted by Gasteiger charge is -2.09. The zero-order chi connectivity index (χ0) is 16.7. The number of halogens is 1. The zero-order valence-corrected chi connectivity index (χ0v) is 13.9. The molecule has 2 aromatic carbocycles. The third-order valence-corrected chi connectivity index (χ3v) is 4.78. The fourth-order valence-electron chi connectivity index (χ4n) is 2.16. The Balaban J connectivity index is 1.84. The van der Waals surface area contributed by atoms with Gasteiger partial charge in [-0.05, 0) is 54.8 Å². The highest BCUT2D eigenvalue weighted by Gasteiger charge is 2.08. The second-order valence-corrected chi connectivity index (χ2v) is 7.14. The van der Waals surface area contributed by atoms with Gasteiger partial charge in [-0.15, -0.1) is 0 Å². The smallest absolute Gasteiger partial charge is 0.232 e. The minimum atomic E-state index is -3.26. The van der Waals surface area contributed by atoms with E-state index in [1.165, 1.54) is 12.1 Å². The summed E-state index contributed by atoms with van der Waals surface area (Å²) in [6.45, 7) is 2.54. The molecule has 0 aromatic heterocycles. The molecule has 0 fully saturated rings. The first-order valence-electron chi connectivity index (χ1n) is 7.57. The quantitative estimate of drug-likeness (QED) is 0.774. The van der Waals surface area contributed by atoms with Gasteiger partial charge in [-0.2, -0.15) is 0 Å². The molecule has 0 atom stereocenters. The predicted octanol–water partition coefficient (Wildman–Crippen LogP) is 3.63. The van der Waals surface area contributed by atoms with Crippen molar-refractivity contribution in [2.24, 2.45) is 0 Å². The Morgan fingerprint density at radius 2 is 1.57 bits per heavy atom. The standard InChI is InChI=1S/C17H21FN2O2S/c1-2-13-23(21,22)20-17-9-7-16(8-10-17)19-12-11-14-3-5-15(18)6-4-14/h3-10,19-20H,2,11-13H2,1H3. The van der Waals surface area contributed by atoms with Crippen molar-refractivity contribution < 1.29 is 12.8 Å². The highest BCUT2D eigenvalue weighted by molar-refractivity contribution is 7.92. The van der Waals surface area contributed by atoms with Crippen LogP contribution in [0.15, 0.2) is 48.5 Å². The van der Waals surface area contributed by atoms with Crippen LogP contribution in [0.25, 0.3) is 0 Å². The van der Waals surface area contributed by atoms with Gasteiger partial charge in [0.25, 0.3) is 0 Å². The van der Waals surface area contributed by atoms with Crippen molar-refractivity contribution in [3.05, 3.63) is 59.9 Å². The lowest BCUT2D eigenvalue weighted by Crippen LogP contribution is -2.16. The fraction of sp³-hybridized carbons (Fsp3) is 0.294. The number of benzene rings is 2. The van der Waals surface area contributed by atoms with Gasteiger partial charge in [-0.1, -0.05) is 19.1 Å². The minimum absolute atomic E-state index is 0.116. The number of hydrogen-bond donors (Lipinski definition) is 2. The Labute approximate surface area is 136 Å². The monoisotopic (exact) mass is 336 g/mol. The van der Waals surface area contributed by atoms with E-state index in [0.717, 1.165) is 17.7 Å². The Morgan fingerprint density at radius 3 is 2.17 bits per heavy atom. The van der Waals surface area contributed by atoms with Crippen LogP contribution < -0.4 is 10.0 Å². The van der Waals surface area contributed by atoms with Gasteiger partial charge in [0.2, 0.25) is 10.0 Å². The van der Waals surface area contributed by atoms with Crippen molar-refractivity contribution in [1.29, 1.82) is 0 Å². The normalized spacial score (nSPS) is 11.2. The number of nitrogens with one attached hydrogen (secondary N) is 2. The fourth-order valence-corrected chi connectivity index (χ4v) is 3.29. The van der Waals surface area contributed by atoms with Crippen LogP contribution in [0.1, 0.15) is 18.9 Å². The lowest BCUT2D eigenvalue weighted by molar-refractivity contribution is 0.600. The van der Waals surface area contributed by atoms with Crippen molar-refractivity contribution in [3.8, 4) is 0 Å². The van der Waals surface area contributed by atoms with E-state index in [9.17, 15) is 12.8 Å². The first-order valence-corrected chi connectivity index (χ1v) is 9.22. The van der Waals surface area contributed by atoms with E-state index in [2.05, 4.69) is 10.0 Å². The molecule has 0 heterocycles. The molecule has 4 nitrogen and oxygen atoms in total. The molecule has 2 aromatic rings. The predicted molar refractivity (Wildman–Crippen MR) is 92.7 cm³/mol. The summed E-state index contributed by atoms with van der Waals surface area (Å²) in [5, 5.41) is 3.25. The topological polar surface area (TPSA) is 58.2 Å². The summed E-state index contributed by atoms with van der Waals surface area (Å²) >= 11 is 0. The maximum atomic E-state index is 12.8. The Hall–Kier alpha value is -2.08. The number of rotatable bonds is 8. The molecular weight excluding hydrogens is 315 g/mol. The first kappa shape index (κ1) is 17.3. The summed E-state index contributed by atoms with van der Waals surface area (Å²) < 4.78 is 38.7. The molecule has 0 radical (unpaired) electrons. The summed E-state index contributed by atoms with van der Waals surface area (Å²) in [6.07, 6.45) is 1.36. The molecule has 0 bridgehead atoms. The van der Waals surface area contributed by atoms with E-state index < -0.39 is 10.0 Å². The molecule has 0 saturated carbocycles. The molecule has 0 aliphatic rings. The molecule has 23 heavy (non-hydrogen) atoms. The number of hydrogen-bond acceptors (Lipinski definition) is 3. The van der Waals surface area contributed by atoms with Gasteiger partial charge in [0.1, 0.15) is 5.82 Å². The van der Waals surface area contributed by atoms with E-state index in [0.29, 0.717) is 18.7 Å². The van der Waals surface area contributed by atoms with Gasteiger partial charge in [-0.25, -0.2) is 12.8 Å². The Kier molecular flexibility index (Phi) is 5.98. The summed E-state index contributed by atoms with van der Waals surface area (Å²) in [7, 11) is -3.26. The van der Waals surface area contributed by atoms with Crippen molar-refractivity contribution in [2.45, 2.75) is 19.8 Å². The molecule has 0 saturated heterocycles. The molecule has 0 amide bonds. The van der Waals surface area contributed by atoms with E-state index in [1.54, 1.807) is 24.3 Å². The Bertz CT molecular complexity index is 713. The number of anilines is 2. The SMILES string of the molecule is CCCS(=O)(=O)Nc1ccc(NCCc2ccc(F)cc2)cc1. The van der Waals surface area contributed by atoms with Crippen LogP contribution in [0, 0.1) is 5.82 Å². The molecule has 0 unspecified atom stereocenters. The maximum Gasteiger partial charge on any atom is 0.232 e. The zero-order valence-electron chi connectivity index (χ0n) is 13.0. The van der Waals surface area contributed by atoms with Crippen LogP contribution >= 0.6 is 0 Å². The molecule has 2 N–H and O–H groups in total. The van der Waals surface area contributed by atoms with Gasteiger partial charge in [0.15, 0.2) is 0 Å².